The van der Waals surface area contributed by atoms with E-state index in [9.17, 15) is 15.0 Å². The second-order valence-corrected chi connectivity index (χ2v) is 3.93. The summed E-state index contributed by atoms with van der Waals surface area (Å²) in [4.78, 5) is 12.0. The van der Waals surface area contributed by atoms with Gasteiger partial charge in [0.1, 0.15) is 23.0 Å². The van der Waals surface area contributed by atoms with Gasteiger partial charge >= 0.3 is 0 Å². The Labute approximate surface area is 118 Å². The van der Waals surface area contributed by atoms with Gasteiger partial charge in [0.05, 0.1) is 28.1 Å². The number of ketones is 1. The molecule has 0 aromatic heterocycles. The number of aliphatic hydroxyl groups is 1. The first-order valence-electron chi connectivity index (χ1n) is 6.69. The number of carbonyl (C=O) groups excluding carboxylic acids is 1. The number of benzene rings is 1. The number of rotatable bonds is 3. The zero-order chi connectivity index (χ0) is 16.4. The van der Waals surface area contributed by atoms with Gasteiger partial charge in [-0.15, -0.1) is 0 Å². The molecule has 0 radical (unpaired) electrons. The first-order chi connectivity index (χ1) is 10.4. The Hall–Kier alpha value is -2.69. The van der Waals surface area contributed by atoms with Crippen LogP contribution in [0, 0.1) is 0 Å². The number of aliphatic hydroxyl groups excluding tert-OH is 1. The van der Waals surface area contributed by atoms with Crippen molar-refractivity contribution in [2.24, 2.45) is 0 Å². The van der Waals surface area contributed by atoms with Crippen LogP contribution in [0.25, 0.3) is 5.76 Å². The van der Waals surface area contributed by atoms with Crippen molar-refractivity contribution < 1.29 is 27.2 Å². The number of methoxy groups -OCH3 is 2. The standard InChI is InChI=1S/C15H14O5/c1-19-9-3-5-11(13(16)7-9)15(18)12-6-4-10(20-2)8-14(12)17/h3-8,16,18H,1-2H3/i3D,4D. The van der Waals surface area contributed by atoms with Crippen LogP contribution in [0.1, 0.15) is 8.30 Å². The molecule has 0 amide bonds. The van der Waals surface area contributed by atoms with E-state index in [1.807, 2.05) is 0 Å². The number of hydrogen-bond donors (Lipinski definition) is 2. The van der Waals surface area contributed by atoms with Crippen molar-refractivity contribution in [3.63, 3.8) is 0 Å². The third-order valence-corrected chi connectivity index (χ3v) is 2.74. The molecule has 0 aliphatic heterocycles. The largest absolute Gasteiger partial charge is 0.507 e. The molecule has 5 heteroatoms. The second kappa shape index (κ2) is 5.52. The summed E-state index contributed by atoms with van der Waals surface area (Å²) in [5.41, 5.74) is -0.252. The van der Waals surface area contributed by atoms with Crippen LogP contribution in [0.5, 0.6) is 11.5 Å². The summed E-state index contributed by atoms with van der Waals surface area (Å²) in [7, 11) is 2.68. The lowest BCUT2D eigenvalue weighted by Gasteiger charge is -2.11. The van der Waals surface area contributed by atoms with Crippen LogP contribution >= 0.6 is 0 Å². The maximum Gasteiger partial charge on any atom is 0.193 e. The van der Waals surface area contributed by atoms with Crippen molar-refractivity contribution >= 4 is 11.5 Å². The van der Waals surface area contributed by atoms with E-state index < -0.39 is 11.5 Å². The van der Waals surface area contributed by atoms with Crippen LogP contribution < -0.4 is 4.74 Å². The van der Waals surface area contributed by atoms with Gasteiger partial charge in [0.15, 0.2) is 5.78 Å². The van der Waals surface area contributed by atoms with Crippen molar-refractivity contribution in [3.05, 3.63) is 53.3 Å². The van der Waals surface area contributed by atoms with Crippen molar-refractivity contribution in [1.29, 1.82) is 0 Å². The number of aromatic hydroxyl groups is 1. The van der Waals surface area contributed by atoms with Crippen LogP contribution in [0.2, 0.25) is 0 Å². The predicted molar refractivity (Wildman–Crippen MR) is 73.4 cm³/mol. The van der Waals surface area contributed by atoms with Crippen molar-refractivity contribution in [3.8, 4) is 11.5 Å². The van der Waals surface area contributed by atoms with Gasteiger partial charge in [-0.25, -0.2) is 0 Å². The third-order valence-electron chi connectivity index (χ3n) is 2.74. The summed E-state index contributed by atoms with van der Waals surface area (Å²) >= 11 is 0. The highest BCUT2D eigenvalue weighted by atomic mass is 16.5. The lowest BCUT2D eigenvalue weighted by Crippen LogP contribution is -2.06. The van der Waals surface area contributed by atoms with Crippen LogP contribution in [0.15, 0.2) is 47.7 Å². The maximum absolute atomic E-state index is 12.0. The molecule has 0 unspecified atom stereocenters. The minimum atomic E-state index is -0.563. The second-order valence-electron chi connectivity index (χ2n) is 3.93. The monoisotopic (exact) mass is 276 g/mol. The normalized spacial score (nSPS) is 18.6. The quantitative estimate of drug-likeness (QED) is 0.654. The molecule has 2 N–H and O–H groups in total. The molecule has 1 aliphatic carbocycles. The number of phenols is 1. The van der Waals surface area contributed by atoms with Crippen molar-refractivity contribution in [2.75, 3.05) is 14.2 Å². The van der Waals surface area contributed by atoms with Crippen LogP contribution in [-0.2, 0) is 9.53 Å². The highest BCUT2D eigenvalue weighted by molar-refractivity contribution is 6.12. The smallest absolute Gasteiger partial charge is 0.193 e. The molecule has 0 saturated carbocycles. The molecule has 20 heavy (non-hydrogen) atoms. The van der Waals surface area contributed by atoms with Gasteiger partial charge in [0.25, 0.3) is 0 Å². The molecular weight excluding hydrogens is 260 g/mol. The van der Waals surface area contributed by atoms with Crippen LogP contribution in [0.4, 0.5) is 0 Å². The number of allylic oxidation sites excluding steroid dienone is 4. The number of phenolic OH excluding ortho intramolecular Hbond substituents is 1. The number of carbonyl (C=O) groups is 1. The fourth-order valence-corrected chi connectivity index (χ4v) is 1.67. The Morgan fingerprint density at radius 1 is 1.35 bits per heavy atom. The highest BCUT2D eigenvalue weighted by Gasteiger charge is 2.19. The molecule has 104 valence electrons. The molecule has 0 spiro atoms. The predicted octanol–water partition coefficient (Wildman–Crippen LogP) is 2.34. The minimum absolute atomic E-state index is 0.0612. The van der Waals surface area contributed by atoms with Crippen molar-refractivity contribution in [2.45, 2.75) is 0 Å². The summed E-state index contributed by atoms with van der Waals surface area (Å²) < 4.78 is 25.2. The zero-order valence-electron chi connectivity index (χ0n) is 12.9. The molecule has 1 aromatic carbocycles. The van der Waals surface area contributed by atoms with Gasteiger partial charge < -0.3 is 19.7 Å². The molecule has 1 aliphatic rings. The van der Waals surface area contributed by atoms with E-state index >= 15 is 0 Å². The molecule has 0 fully saturated rings. The number of hydrogen-bond acceptors (Lipinski definition) is 5. The van der Waals surface area contributed by atoms with Gasteiger partial charge in [-0.1, -0.05) is 0 Å². The Morgan fingerprint density at radius 3 is 2.75 bits per heavy atom. The average Bonchev–Trinajstić information content (AvgIpc) is 2.50. The Balaban J connectivity index is 2.57. The molecular formula is C15H14O5. The van der Waals surface area contributed by atoms with Gasteiger partial charge in [-0.05, 0) is 24.2 Å². The van der Waals surface area contributed by atoms with E-state index in [0.29, 0.717) is 0 Å². The van der Waals surface area contributed by atoms with E-state index in [1.54, 1.807) is 0 Å². The summed E-state index contributed by atoms with van der Waals surface area (Å²) in [6.45, 7) is 0. The molecule has 0 bridgehead atoms. The van der Waals surface area contributed by atoms with Crippen molar-refractivity contribution in [1.82, 2.24) is 0 Å². The van der Waals surface area contributed by atoms with Gasteiger partial charge in [0.2, 0.25) is 0 Å². The fraction of sp³-hybridized carbons (Fsp3) is 0.133. The molecule has 0 saturated heterocycles. The Morgan fingerprint density at radius 2 is 2.10 bits per heavy atom. The molecule has 1 aromatic rings. The van der Waals surface area contributed by atoms with E-state index in [-0.39, 0.29) is 40.5 Å². The molecule has 0 heterocycles. The van der Waals surface area contributed by atoms with Crippen LogP contribution in [-0.4, -0.2) is 30.2 Å². The Kier molecular flexibility index (Phi) is 3.08. The fourth-order valence-electron chi connectivity index (χ4n) is 1.67. The van der Waals surface area contributed by atoms with E-state index in [4.69, 9.17) is 12.2 Å². The van der Waals surface area contributed by atoms with Gasteiger partial charge in [-0.2, -0.15) is 0 Å². The van der Waals surface area contributed by atoms with Gasteiger partial charge in [0, 0.05) is 12.1 Å². The van der Waals surface area contributed by atoms with E-state index in [2.05, 4.69) is 0 Å². The third kappa shape index (κ3) is 2.51. The summed E-state index contributed by atoms with van der Waals surface area (Å²) in [6.07, 6.45) is 2.22. The number of ether oxygens (including phenoxy) is 2. The zero-order valence-corrected chi connectivity index (χ0v) is 10.9. The van der Waals surface area contributed by atoms with E-state index in [0.717, 1.165) is 12.2 Å². The summed E-state index contributed by atoms with van der Waals surface area (Å²) in [6, 6.07) is 2.21. The average molecular weight is 276 g/mol. The van der Waals surface area contributed by atoms with Gasteiger partial charge in [-0.3, -0.25) is 4.79 Å². The Bertz CT molecular complexity index is 732. The minimum Gasteiger partial charge on any atom is -0.507 e. The first-order valence-corrected chi connectivity index (χ1v) is 5.69. The summed E-state index contributed by atoms with van der Waals surface area (Å²) in [5.74, 6) is -1.21. The topological polar surface area (TPSA) is 76.0 Å². The highest BCUT2D eigenvalue weighted by Crippen LogP contribution is 2.31. The maximum atomic E-state index is 12.0. The first kappa shape index (κ1) is 11.2. The molecule has 0 atom stereocenters. The SMILES string of the molecule is [2H]C1=CC(=C(O)c2cc([2H])c(OC)cc2O)C(=O)C=C1OC. The van der Waals surface area contributed by atoms with Crippen LogP contribution in [0.3, 0.4) is 0 Å². The molecule has 5 nitrogen and oxygen atoms in total. The lowest BCUT2D eigenvalue weighted by atomic mass is 10.00. The molecule has 2 rings (SSSR count). The lowest BCUT2D eigenvalue weighted by molar-refractivity contribution is -0.111. The van der Waals surface area contributed by atoms with E-state index in [1.165, 1.54) is 26.4 Å². The summed E-state index contributed by atoms with van der Waals surface area (Å²) in [5, 5.41) is 20.2.